The maximum Gasteiger partial charge on any atom is 0.345 e. The molecule has 0 spiro atoms. The topological polar surface area (TPSA) is 92.7 Å². The molecule has 1 saturated carbocycles. The highest BCUT2D eigenvalue weighted by Crippen LogP contribution is 2.28. The van der Waals surface area contributed by atoms with Crippen molar-refractivity contribution in [2.45, 2.75) is 24.7 Å². The molecule has 0 atom stereocenters. The molecule has 1 heterocycles. The average Bonchev–Trinajstić information content (AvgIpc) is 3.09. The van der Waals surface area contributed by atoms with Gasteiger partial charge in [-0.1, -0.05) is 0 Å². The lowest BCUT2D eigenvalue weighted by Crippen LogP contribution is -2.27. The number of hydrogen-bond donors (Lipinski definition) is 2. The van der Waals surface area contributed by atoms with E-state index in [1.807, 2.05) is 0 Å². The summed E-state index contributed by atoms with van der Waals surface area (Å²) < 4.78 is 31.9. The molecule has 2 rings (SSSR count). The number of rotatable bonds is 8. The first-order valence-electron chi connectivity index (χ1n) is 6.31. The Balaban J connectivity index is 1.89. The zero-order chi connectivity index (χ0) is 14.8. The molecule has 8 heteroatoms. The minimum atomic E-state index is -3.67. The SMILES string of the molecule is Cc1sc(C(=O)O)cc1S(=O)(=O)NCCOCC1CC1. The Bertz CT molecular complexity index is 589. The maximum atomic E-state index is 12.0. The number of aromatic carboxylic acids is 1. The molecule has 0 aliphatic heterocycles. The van der Waals surface area contributed by atoms with E-state index in [-0.39, 0.29) is 16.3 Å². The highest BCUT2D eigenvalue weighted by molar-refractivity contribution is 7.89. The van der Waals surface area contributed by atoms with Crippen LogP contribution in [0, 0.1) is 12.8 Å². The van der Waals surface area contributed by atoms with Gasteiger partial charge in [0.15, 0.2) is 0 Å². The number of carboxylic acid groups (broad SMARTS) is 1. The highest BCUT2D eigenvalue weighted by Gasteiger charge is 2.23. The van der Waals surface area contributed by atoms with Gasteiger partial charge in [0.1, 0.15) is 4.88 Å². The zero-order valence-corrected chi connectivity index (χ0v) is 12.7. The van der Waals surface area contributed by atoms with Crippen LogP contribution in [0.5, 0.6) is 0 Å². The summed E-state index contributed by atoms with van der Waals surface area (Å²) in [7, 11) is -3.67. The molecule has 1 fully saturated rings. The van der Waals surface area contributed by atoms with Crippen LogP contribution in [0.25, 0.3) is 0 Å². The number of aryl methyl sites for hydroxylation is 1. The fraction of sp³-hybridized carbons (Fsp3) is 0.583. The van der Waals surface area contributed by atoms with Crippen LogP contribution in [0.1, 0.15) is 27.4 Å². The number of sulfonamides is 1. The van der Waals surface area contributed by atoms with Gasteiger partial charge < -0.3 is 9.84 Å². The fourth-order valence-electron chi connectivity index (χ4n) is 1.70. The van der Waals surface area contributed by atoms with Crippen molar-refractivity contribution in [1.29, 1.82) is 0 Å². The van der Waals surface area contributed by atoms with Crippen LogP contribution in [-0.4, -0.2) is 39.3 Å². The van der Waals surface area contributed by atoms with E-state index < -0.39 is 16.0 Å². The third kappa shape index (κ3) is 4.02. The van der Waals surface area contributed by atoms with E-state index in [9.17, 15) is 13.2 Å². The Morgan fingerprint density at radius 2 is 2.25 bits per heavy atom. The number of thiophene rings is 1. The largest absolute Gasteiger partial charge is 0.477 e. The predicted molar refractivity (Wildman–Crippen MR) is 74.7 cm³/mol. The fourth-order valence-corrected chi connectivity index (χ4v) is 4.14. The van der Waals surface area contributed by atoms with Gasteiger partial charge in [0.2, 0.25) is 10.0 Å². The van der Waals surface area contributed by atoms with E-state index in [4.69, 9.17) is 9.84 Å². The lowest BCUT2D eigenvalue weighted by Gasteiger charge is -2.06. The smallest absolute Gasteiger partial charge is 0.345 e. The van der Waals surface area contributed by atoms with Crippen molar-refractivity contribution in [3.63, 3.8) is 0 Å². The summed E-state index contributed by atoms with van der Waals surface area (Å²) in [5, 5.41) is 8.87. The molecule has 0 saturated heterocycles. The summed E-state index contributed by atoms with van der Waals surface area (Å²) in [6.45, 7) is 2.79. The quantitative estimate of drug-likeness (QED) is 0.708. The Morgan fingerprint density at radius 1 is 1.55 bits per heavy atom. The molecule has 112 valence electrons. The molecule has 1 aromatic rings. The van der Waals surface area contributed by atoms with Gasteiger partial charge in [0.05, 0.1) is 11.5 Å². The molecule has 1 aliphatic carbocycles. The minimum absolute atomic E-state index is 0.0212. The molecular formula is C12H17NO5S2. The minimum Gasteiger partial charge on any atom is -0.477 e. The second kappa shape index (κ2) is 6.21. The van der Waals surface area contributed by atoms with Gasteiger partial charge in [-0.05, 0) is 31.7 Å². The molecule has 0 amide bonds. The van der Waals surface area contributed by atoms with Crippen molar-refractivity contribution in [3.05, 3.63) is 15.8 Å². The van der Waals surface area contributed by atoms with Crippen molar-refractivity contribution in [2.75, 3.05) is 19.8 Å². The third-order valence-electron chi connectivity index (χ3n) is 2.96. The van der Waals surface area contributed by atoms with Gasteiger partial charge in [-0.3, -0.25) is 0 Å². The van der Waals surface area contributed by atoms with Crippen molar-refractivity contribution in [2.24, 2.45) is 5.92 Å². The molecule has 1 aromatic heterocycles. The first kappa shape index (κ1) is 15.4. The number of hydrogen-bond acceptors (Lipinski definition) is 5. The molecule has 6 nitrogen and oxygen atoms in total. The lowest BCUT2D eigenvalue weighted by molar-refractivity contribution is 0.0702. The second-order valence-corrected chi connectivity index (χ2v) is 7.74. The van der Waals surface area contributed by atoms with E-state index in [1.54, 1.807) is 6.92 Å². The van der Waals surface area contributed by atoms with Crippen molar-refractivity contribution < 1.29 is 23.1 Å². The van der Waals surface area contributed by atoms with Gasteiger partial charge >= 0.3 is 5.97 Å². The summed E-state index contributed by atoms with van der Waals surface area (Å²) in [5.41, 5.74) is 0. The van der Waals surface area contributed by atoms with E-state index in [0.29, 0.717) is 24.0 Å². The summed E-state index contributed by atoms with van der Waals surface area (Å²) in [6, 6.07) is 1.19. The Morgan fingerprint density at radius 3 is 2.80 bits per heavy atom. The van der Waals surface area contributed by atoms with Crippen LogP contribution in [0.2, 0.25) is 0 Å². The summed E-state index contributed by atoms with van der Waals surface area (Å²) in [6.07, 6.45) is 2.38. The van der Waals surface area contributed by atoms with Crippen LogP contribution < -0.4 is 4.72 Å². The van der Waals surface area contributed by atoms with Crippen molar-refractivity contribution >= 4 is 27.3 Å². The number of nitrogens with one attached hydrogen (secondary N) is 1. The van der Waals surface area contributed by atoms with E-state index >= 15 is 0 Å². The normalized spacial score (nSPS) is 15.4. The van der Waals surface area contributed by atoms with Gasteiger partial charge in [-0.25, -0.2) is 17.9 Å². The number of carbonyl (C=O) groups is 1. The maximum absolute atomic E-state index is 12.0. The van der Waals surface area contributed by atoms with Gasteiger partial charge in [-0.2, -0.15) is 0 Å². The summed E-state index contributed by atoms with van der Waals surface area (Å²) >= 11 is 0.955. The van der Waals surface area contributed by atoms with Crippen molar-refractivity contribution in [3.8, 4) is 0 Å². The zero-order valence-electron chi connectivity index (χ0n) is 11.1. The molecule has 20 heavy (non-hydrogen) atoms. The van der Waals surface area contributed by atoms with Crippen LogP contribution in [-0.2, 0) is 14.8 Å². The van der Waals surface area contributed by atoms with Crippen LogP contribution in [0.3, 0.4) is 0 Å². The summed E-state index contributed by atoms with van der Waals surface area (Å²) in [4.78, 5) is 11.4. The number of carboxylic acids is 1. The monoisotopic (exact) mass is 319 g/mol. The molecular weight excluding hydrogens is 302 g/mol. The van der Waals surface area contributed by atoms with Crippen LogP contribution in [0.4, 0.5) is 0 Å². The second-order valence-electron chi connectivity index (χ2n) is 4.75. The Hall–Kier alpha value is -0.960. The first-order valence-corrected chi connectivity index (χ1v) is 8.61. The molecule has 0 bridgehead atoms. The molecule has 2 N–H and O–H groups in total. The standard InChI is InChI=1S/C12H17NO5S2/c1-8-11(6-10(19-8)12(14)15)20(16,17)13-4-5-18-7-9-2-3-9/h6,9,13H,2-5,7H2,1H3,(H,14,15). The Kier molecular flexibility index (Phi) is 4.79. The third-order valence-corrected chi connectivity index (χ3v) is 5.72. The first-order chi connectivity index (χ1) is 9.40. The number of ether oxygens (including phenoxy) is 1. The molecule has 1 aliphatic rings. The van der Waals surface area contributed by atoms with E-state index in [0.717, 1.165) is 11.3 Å². The highest BCUT2D eigenvalue weighted by atomic mass is 32.2. The van der Waals surface area contributed by atoms with Crippen LogP contribution >= 0.6 is 11.3 Å². The summed E-state index contributed by atoms with van der Waals surface area (Å²) in [5.74, 6) is -0.476. The Labute approximate surface area is 121 Å². The lowest BCUT2D eigenvalue weighted by atomic mass is 10.4. The van der Waals surface area contributed by atoms with Gasteiger partial charge in [0, 0.05) is 18.0 Å². The average molecular weight is 319 g/mol. The van der Waals surface area contributed by atoms with Gasteiger partial charge in [-0.15, -0.1) is 11.3 Å². The van der Waals surface area contributed by atoms with Crippen molar-refractivity contribution in [1.82, 2.24) is 4.72 Å². The van der Waals surface area contributed by atoms with Crippen LogP contribution in [0.15, 0.2) is 11.0 Å². The van der Waals surface area contributed by atoms with Gasteiger partial charge in [0.25, 0.3) is 0 Å². The van der Waals surface area contributed by atoms with E-state index in [1.165, 1.54) is 18.9 Å². The molecule has 0 aromatic carbocycles. The molecule has 0 radical (unpaired) electrons. The molecule has 0 unspecified atom stereocenters. The predicted octanol–water partition coefficient (Wildman–Crippen LogP) is 1.46. The van der Waals surface area contributed by atoms with E-state index in [2.05, 4.69) is 4.72 Å².